The molecular weight excluding hydrogens is 306 g/mol. The van der Waals surface area contributed by atoms with Gasteiger partial charge in [-0.05, 0) is 39.0 Å². The average molecular weight is 321 g/mol. The maximum Gasteiger partial charge on any atom is 0.335 e. The highest BCUT2D eigenvalue weighted by molar-refractivity contribution is 7.90. The van der Waals surface area contributed by atoms with E-state index in [0.29, 0.717) is 17.1 Å². The molecule has 0 aliphatic heterocycles. The number of amides is 2. The Labute approximate surface area is 128 Å². The standard InChI is InChI=1S/C13H15N5O3S/c1-8-4-5-11(7-14-8)22(20,21)18-13(19)17-12-15-9(2)6-10(3)16-12/h4-7H,1-3H3,(H2,15,16,17,18,19). The minimum atomic E-state index is -4.00. The first-order chi connectivity index (χ1) is 10.3. The summed E-state index contributed by atoms with van der Waals surface area (Å²) in [4.78, 5) is 23.6. The zero-order chi connectivity index (χ0) is 16.3. The molecule has 0 fully saturated rings. The lowest BCUT2D eigenvalue weighted by Gasteiger charge is -2.08. The highest BCUT2D eigenvalue weighted by atomic mass is 32.2. The van der Waals surface area contributed by atoms with E-state index >= 15 is 0 Å². The van der Waals surface area contributed by atoms with E-state index in [1.165, 1.54) is 12.3 Å². The molecule has 116 valence electrons. The van der Waals surface area contributed by atoms with Gasteiger partial charge in [-0.25, -0.2) is 27.9 Å². The van der Waals surface area contributed by atoms with Crippen LogP contribution in [0.5, 0.6) is 0 Å². The number of carbonyl (C=O) groups is 1. The zero-order valence-corrected chi connectivity index (χ0v) is 13.1. The molecule has 0 saturated heterocycles. The summed E-state index contributed by atoms with van der Waals surface area (Å²) in [6.07, 6.45) is 1.18. The summed E-state index contributed by atoms with van der Waals surface area (Å²) in [6.45, 7) is 5.22. The van der Waals surface area contributed by atoms with Gasteiger partial charge in [0.2, 0.25) is 5.95 Å². The number of carbonyl (C=O) groups excluding carboxylic acids is 1. The third-order valence-electron chi connectivity index (χ3n) is 2.63. The third kappa shape index (κ3) is 3.98. The van der Waals surface area contributed by atoms with Crippen LogP contribution in [0.15, 0.2) is 29.3 Å². The highest BCUT2D eigenvalue weighted by Crippen LogP contribution is 2.08. The van der Waals surface area contributed by atoms with E-state index in [1.54, 1.807) is 32.9 Å². The van der Waals surface area contributed by atoms with Gasteiger partial charge in [-0.15, -0.1) is 0 Å². The van der Waals surface area contributed by atoms with Crippen molar-refractivity contribution in [2.75, 3.05) is 5.32 Å². The fourth-order valence-electron chi connectivity index (χ4n) is 1.70. The zero-order valence-electron chi connectivity index (χ0n) is 12.3. The van der Waals surface area contributed by atoms with Gasteiger partial charge in [0.15, 0.2) is 0 Å². The molecule has 0 saturated carbocycles. The molecule has 2 aromatic rings. The number of anilines is 1. The van der Waals surface area contributed by atoms with Crippen molar-refractivity contribution in [2.45, 2.75) is 25.7 Å². The minimum Gasteiger partial charge on any atom is -0.275 e. The quantitative estimate of drug-likeness (QED) is 0.881. The van der Waals surface area contributed by atoms with Gasteiger partial charge in [0.05, 0.1) is 0 Å². The van der Waals surface area contributed by atoms with Gasteiger partial charge in [-0.3, -0.25) is 10.3 Å². The van der Waals surface area contributed by atoms with Crippen LogP contribution in [0.4, 0.5) is 10.7 Å². The Hall–Kier alpha value is -2.55. The molecule has 0 aromatic carbocycles. The van der Waals surface area contributed by atoms with Gasteiger partial charge >= 0.3 is 6.03 Å². The van der Waals surface area contributed by atoms with Crippen LogP contribution in [-0.4, -0.2) is 29.4 Å². The van der Waals surface area contributed by atoms with Gasteiger partial charge in [0.25, 0.3) is 10.0 Å². The number of nitrogens with one attached hydrogen (secondary N) is 2. The Balaban J connectivity index is 2.12. The van der Waals surface area contributed by atoms with Crippen LogP contribution in [0.25, 0.3) is 0 Å². The van der Waals surface area contributed by atoms with Crippen molar-refractivity contribution in [3.63, 3.8) is 0 Å². The van der Waals surface area contributed by atoms with E-state index in [9.17, 15) is 13.2 Å². The van der Waals surface area contributed by atoms with Crippen LogP contribution in [0.3, 0.4) is 0 Å². The first-order valence-corrected chi connectivity index (χ1v) is 7.83. The monoisotopic (exact) mass is 321 g/mol. The average Bonchev–Trinajstić information content (AvgIpc) is 2.36. The van der Waals surface area contributed by atoms with Crippen LogP contribution >= 0.6 is 0 Å². The number of aromatic nitrogens is 3. The van der Waals surface area contributed by atoms with E-state index in [1.807, 2.05) is 4.72 Å². The summed E-state index contributed by atoms with van der Waals surface area (Å²) in [5.74, 6) is 0.0345. The number of hydrogen-bond donors (Lipinski definition) is 2. The van der Waals surface area contributed by atoms with Gasteiger partial charge in [0.1, 0.15) is 4.90 Å². The minimum absolute atomic E-state index is 0.0345. The Bertz CT molecular complexity index is 783. The van der Waals surface area contributed by atoms with Crippen LogP contribution in [0.1, 0.15) is 17.1 Å². The topological polar surface area (TPSA) is 114 Å². The molecule has 0 bridgehead atoms. The van der Waals surface area contributed by atoms with E-state index in [-0.39, 0.29) is 10.8 Å². The summed E-state index contributed by atoms with van der Waals surface area (Å²) in [5, 5.41) is 2.29. The van der Waals surface area contributed by atoms with Crippen molar-refractivity contribution < 1.29 is 13.2 Å². The van der Waals surface area contributed by atoms with Crippen molar-refractivity contribution in [3.8, 4) is 0 Å². The Morgan fingerprint density at radius 1 is 1.05 bits per heavy atom. The molecule has 2 N–H and O–H groups in total. The Kier molecular flexibility index (Phi) is 4.36. The van der Waals surface area contributed by atoms with Crippen molar-refractivity contribution in [1.29, 1.82) is 0 Å². The predicted molar refractivity (Wildman–Crippen MR) is 79.8 cm³/mol. The van der Waals surface area contributed by atoms with Gasteiger partial charge in [0, 0.05) is 23.3 Å². The molecule has 0 aliphatic rings. The van der Waals surface area contributed by atoms with Crippen LogP contribution in [-0.2, 0) is 10.0 Å². The molecular formula is C13H15N5O3S. The lowest BCUT2D eigenvalue weighted by Crippen LogP contribution is -2.35. The lowest BCUT2D eigenvalue weighted by molar-refractivity contribution is 0.256. The maximum absolute atomic E-state index is 12.0. The predicted octanol–water partition coefficient (Wildman–Crippen LogP) is 1.31. The summed E-state index contributed by atoms with van der Waals surface area (Å²) >= 11 is 0. The smallest absolute Gasteiger partial charge is 0.275 e. The first-order valence-electron chi connectivity index (χ1n) is 6.35. The number of rotatable bonds is 3. The largest absolute Gasteiger partial charge is 0.335 e. The number of aryl methyl sites for hydroxylation is 3. The number of urea groups is 1. The summed E-state index contributed by atoms with van der Waals surface area (Å²) in [7, 11) is -4.00. The molecule has 2 amide bonds. The summed E-state index contributed by atoms with van der Waals surface area (Å²) in [6, 6.07) is 3.70. The van der Waals surface area contributed by atoms with Crippen LogP contribution in [0.2, 0.25) is 0 Å². The normalized spacial score (nSPS) is 11.0. The molecule has 0 aliphatic carbocycles. The first kappa shape index (κ1) is 15.8. The number of sulfonamides is 1. The van der Waals surface area contributed by atoms with E-state index in [2.05, 4.69) is 20.3 Å². The lowest BCUT2D eigenvalue weighted by atomic mass is 10.4. The molecule has 8 nitrogen and oxygen atoms in total. The molecule has 0 atom stereocenters. The van der Waals surface area contributed by atoms with Crippen molar-refractivity contribution in [3.05, 3.63) is 41.5 Å². The van der Waals surface area contributed by atoms with E-state index in [4.69, 9.17) is 0 Å². The Morgan fingerprint density at radius 3 is 2.23 bits per heavy atom. The molecule has 0 radical (unpaired) electrons. The van der Waals surface area contributed by atoms with Crippen molar-refractivity contribution in [2.24, 2.45) is 0 Å². The molecule has 2 aromatic heterocycles. The van der Waals surface area contributed by atoms with Crippen LogP contribution < -0.4 is 10.0 Å². The second kappa shape index (κ2) is 6.06. The van der Waals surface area contributed by atoms with Crippen LogP contribution in [0, 0.1) is 20.8 Å². The molecule has 2 rings (SSSR count). The highest BCUT2D eigenvalue weighted by Gasteiger charge is 2.18. The molecule has 0 unspecified atom stereocenters. The molecule has 0 spiro atoms. The van der Waals surface area contributed by atoms with Crippen molar-refractivity contribution in [1.82, 2.24) is 19.7 Å². The maximum atomic E-state index is 12.0. The van der Waals surface area contributed by atoms with E-state index in [0.717, 1.165) is 0 Å². The van der Waals surface area contributed by atoms with E-state index < -0.39 is 16.1 Å². The second-order valence-electron chi connectivity index (χ2n) is 4.67. The third-order valence-corrected chi connectivity index (χ3v) is 3.95. The second-order valence-corrected chi connectivity index (χ2v) is 6.35. The summed E-state index contributed by atoms with van der Waals surface area (Å²) < 4.78 is 25.9. The fourth-order valence-corrected chi connectivity index (χ4v) is 2.55. The molecule has 22 heavy (non-hydrogen) atoms. The number of nitrogens with zero attached hydrogens (tertiary/aromatic N) is 3. The van der Waals surface area contributed by atoms with Gasteiger partial charge in [-0.2, -0.15) is 0 Å². The van der Waals surface area contributed by atoms with Gasteiger partial charge in [-0.1, -0.05) is 0 Å². The Morgan fingerprint density at radius 2 is 1.68 bits per heavy atom. The molecule has 2 heterocycles. The van der Waals surface area contributed by atoms with Gasteiger partial charge < -0.3 is 0 Å². The summed E-state index contributed by atoms with van der Waals surface area (Å²) in [5.41, 5.74) is 1.99. The fraction of sp³-hybridized carbons (Fsp3) is 0.231. The molecule has 9 heteroatoms. The number of pyridine rings is 1. The number of hydrogen-bond acceptors (Lipinski definition) is 6. The SMILES string of the molecule is Cc1ccc(S(=O)(=O)NC(=O)Nc2nc(C)cc(C)n2)cn1. The van der Waals surface area contributed by atoms with Crippen molar-refractivity contribution >= 4 is 22.0 Å².